The number of carbonyl (C=O) groups excluding carboxylic acids is 1. The summed E-state index contributed by atoms with van der Waals surface area (Å²) in [5.74, 6) is 0.589. The number of ether oxygens (including phenoxy) is 1. The number of aliphatic hydroxyl groups excluding tert-OH is 1. The highest BCUT2D eigenvalue weighted by molar-refractivity contribution is 5.83. The van der Waals surface area contributed by atoms with E-state index in [9.17, 15) is 9.90 Å². The predicted molar refractivity (Wildman–Crippen MR) is 72.5 cm³/mol. The summed E-state index contributed by atoms with van der Waals surface area (Å²) in [6, 6.07) is 0. The van der Waals surface area contributed by atoms with Crippen molar-refractivity contribution >= 4 is 5.91 Å². The molecule has 1 aliphatic carbocycles. The Morgan fingerprint density at radius 1 is 1.26 bits per heavy atom. The zero-order valence-electron chi connectivity index (χ0n) is 11.6. The summed E-state index contributed by atoms with van der Waals surface area (Å²) in [6.45, 7) is 2.36. The zero-order chi connectivity index (χ0) is 13.7. The molecule has 0 bridgehead atoms. The van der Waals surface area contributed by atoms with Gasteiger partial charge >= 0.3 is 0 Å². The minimum atomic E-state index is -0.424. The zero-order valence-corrected chi connectivity index (χ0v) is 11.6. The highest BCUT2D eigenvalue weighted by Crippen LogP contribution is 2.30. The van der Waals surface area contributed by atoms with Crippen LogP contribution in [-0.2, 0) is 9.53 Å². The Kier molecular flexibility index (Phi) is 5.19. The van der Waals surface area contributed by atoms with E-state index in [4.69, 9.17) is 10.5 Å². The van der Waals surface area contributed by atoms with Crippen LogP contribution in [0.15, 0.2) is 0 Å². The van der Waals surface area contributed by atoms with Crippen LogP contribution in [0.3, 0.4) is 0 Å². The van der Waals surface area contributed by atoms with Crippen molar-refractivity contribution in [3.05, 3.63) is 0 Å². The minimum Gasteiger partial charge on any atom is -0.393 e. The van der Waals surface area contributed by atoms with E-state index in [-0.39, 0.29) is 12.0 Å². The summed E-state index contributed by atoms with van der Waals surface area (Å²) in [6.07, 6.45) is 5.02. The molecule has 0 spiro atoms. The fourth-order valence-electron chi connectivity index (χ4n) is 3.06. The van der Waals surface area contributed by atoms with Gasteiger partial charge in [-0.25, -0.2) is 0 Å². The first-order valence-electron chi connectivity index (χ1n) is 7.40. The molecule has 2 fully saturated rings. The van der Waals surface area contributed by atoms with Gasteiger partial charge < -0.3 is 20.9 Å². The van der Waals surface area contributed by atoms with Gasteiger partial charge in [0.2, 0.25) is 5.91 Å². The van der Waals surface area contributed by atoms with Crippen LogP contribution in [0.5, 0.6) is 0 Å². The Morgan fingerprint density at radius 2 is 1.89 bits per heavy atom. The number of hydrogen-bond acceptors (Lipinski definition) is 4. The Bertz CT molecular complexity index is 295. The highest BCUT2D eigenvalue weighted by atomic mass is 16.5. The molecule has 5 heteroatoms. The third-order valence-corrected chi connectivity index (χ3v) is 4.69. The molecule has 0 unspecified atom stereocenters. The molecular weight excluding hydrogens is 244 g/mol. The van der Waals surface area contributed by atoms with Gasteiger partial charge in [0.15, 0.2) is 0 Å². The van der Waals surface area contributed by atoms with Gasteiger partial charge in [0, 0.05) is 26.3 Å². The number of aliphatic hydroxyl groups is 1. The number of rotatable bonds is 4. The molecule has 19 heavy (non-hydrogen) atoms. The van der Waals surface area contributed by atoms with Crippen molar-refractivity contribution in [3.8, 4) is 0 Å². The smallest absolute Gasteiger partial charge is 0.227 e. The minimum absolute atomic E-state index is 0.0874. The second-order valence-electron chi connectivity index (χ2n) is 5.98. The van der Waals surface area contributed by atoms with E-state index in [0.717, 1.165) is 38.5 Å². The summed E-state index contributed by atoms with van der Waals surface area (Å²) in [5.41, 5.74) is 5.39. The highest BCUT2D eigenvalue weighted by Gasteiger charge is 2.38. The van der Waals surface area contributed by atoms with Crippen LogP contribution in [-0.4, -0.2) is 43.4 Å². The average Bonchev–Trinajstić information content (AvgIpc) is 2.47. The Hall–Kier alpha value is -0.650. The molecule has 0 aromatic carbocycles. The van der Waals surface area contributed by atoms with Crippen LogP contribution >= 0.6 is 0 Å². The quantitative estimate of drug-likeness (QED) is 0.691. The SMILES string of the molecule is NCC1(C(=O)NCC2CCC(O)CC2)CCOCC1. The Morgan fingerprint density at radius 3 is 2.47 bits per heavy atom. The van der Waals surface area contributed by atoms with Crippen molar-refractivity contribution in [2.75, 3.05) is 26.3 Å². The number of nitrogens with one attached hydrogen (secondary N) is 1. The summed E-state index contributed by atoms with van der Waals surface area (Å²) in [7, 11) is 0. The second kappa shape index (κ2) is 6.68. The van der Waals surface area contributed by atoms with E-state index in [1.807, 2.05) is 0 Å². The summed E-state index contributed by atoms with van der Waals surface area (Å²) < 4.78 is 5.32. The van der Waals surface area contributed by atoms with Gasteiger partial charge in [-0.05, 0) is 44.4 Å². The molecule has 2 rings (SSSR count). The molecule has 1 amide bonds. The van der Waals surface area contributed by atoms with E-state index in [2.05, 4.69) is 5.32 Å². The van der Waals surface area contributed by atoms with Crippen LogP contribution in [0.25, 0.3) is 0 Å². The maximum absolute atomic E-state index is 12.4. The number of nitrogens with two attached hydrogens (primary N) is 1. The van der Waals surface area contributed by atoms with Crippen LogP contribution in [0, 0.1) is 11.3 Å². The molecule has 2 aliphatic rings. The molecule has 1 saturated heterocycles. The standard InChI is InChI=1S/C14H26N2O3/c15-10-14(5-7-19-8-6-14)13(18)16-9-11-1-3-12(17)4-2-11/h11-12,17H,1-10,15H2,(H,16,18). The summed E-state index contributed by atoms with van der Waals surface area (Å²) in [5, 5.41) is 12.5. The summed E-state index contributed by atoms with van der Waals surface area (Å²) >= 11 is 0. The molecular formula is C14H26N2O3. The molecule has 1 saturated carbocycles. The number of carbonyl (C=O) groups is 1. The lowest BCUT2D eigenvalue weighted by molar-refractivity contribution is -0.136. The van der Waals surface area contributed by atoms with Crippen molar-refractivity contribution in [3.63, 3.8) is 0 Å². The molecule has 1 heterocycles. The van der Waals surface area contributed by atoms with Gasteiger partial charge in [-0.1, -0.05) is 0 Å². The van der Waals surface area contributed by atoms with Crippen LogP contribution < -0.4 is 11.1 Å². The van der Waals surface area contributed by atoms with E-state index >= 15 is 0 Å². The number of hydrogen-bond donors (Lipinski definition) is 3. The van der Waals surface area contributed by atoms with Gasteiger partial charge in [-0.15, -0.1) is 0 Å². The lowest BCUT2D eigenvalue weighted by Crippen LogP contribution is -2.50. The molecule has 1 aliphatic heterocycles. The first-order chi connectivity index (χ1) is 9.16. The maximum atomic E-state index is 12.4. The topological polar surface area (TPSA) is 84.6 Å². The lowest BCUT2D eigenvalue weighted by atomic mass is 9.79. The molecule has 4 N–H and O–H groups in total. The van der Waals surface area contributed by atoms with Gasteiger partial charge in [0.05, 0.1) is 11.5 Å². The molecule has 0 atom stereocenters. The van der Waals surface area contributed by atoms with Crippen LogP contribution in [0.4, 0.5) is 0 Å². The fourth-order valence-corrected chi connectivity index (χ4v) is 3.06. The van der Waals surface area contributed by atoms with Crippen molar-refractivity contribution in [2.45, 2.75) is 44.6 Å². The predicted octanol–water partition coefficient (Wildman–Crippen LogP) is 0.409. The third kappa shape index (κ3) is 3.68. The van der Waals surface area contributed by atoms with Gasteiger partial charge in [0.1, 0.15) is 0 Å². The largest absolute Gasteiger partial charge is 0.393 e. The molecule has 0 aromatic rings. The molecule has 0 aromatic heterocycles. The van der Waals surface area contributed by atoms with Crippen molar-refractivity contribution in [1.82, 2.24) is 5.32 Å². The third-order valence-electron chi connectivity index (χ3n) is 4.69. The lowest BCUT2D eigenvalue weighted by Gasteiger charge is -2.35. The molecule has 0 radical (unpaired) electrons. The first-order valence-corrected chi connectivity index (χ1v) is 7.40. The molecule has 5 nitrogen and oxygen atoms in total. The fraction of sp³-hybridized carbons (Fsp3) is 0.929. The average molecular weight is 270 g/mol. The van der Waals surface area contributed by atoms with E-state index in [0.29, 0.717) is 32.2 Å². The summed E-state index contributed by atoms with van der Waals surface area (Å²) in [4.78, 5) is 12.4. The maximum Gasteiger partial charge on any atom is 0.227 e. The van der Waals surface area contributed by atoms with Gasteiger partial charge in [0.25, 0.3) is 0 Å². The first kappa shape index (κ1) is 14.8. The normalized spacial score (nSPS) is 30.8. The van der Waals surface area contributed by atoms with Crippen molar-refractivity contribution < 1.29 is 14.6 Å². The Labute approximate surface area is 114 Å². The van der Waals surface area contributed by atoms with E-state index in [1.54, 1.807) is 0 Å². The van der Waals surface area contributed by atoms with Gasteiger partial charge in [-0.2, -0.15) is 0 Å². The van der Waals surface area contributed by atoms with E-state index in [1.165, 1.54) is 0 Å². The van der Waals surface area contributed by atoms with Crippen molar-refractivity contribution in [1.29, 1.82) is 0 Å². The van der Waals surface area contributed by atoms with Gasteiger partial charge in [-0.3, -0.25) is 4.79 Å². The number of amides is 1. The van der Waals surface area contributed by atoms with E-state index < -0.39 is 5.41 Å². The second-order valence-corrected chi connectivity index (χ2v) is 5.98. The van der Waals surface area contributed by atoms with Crippen molar-refractivity contribution in [2.24, 2.45) is 17.1 Å². The van der Waals surface area contributed by atoms with Crippen LogP contribution in [0.2, 0.25) is 0 Å². The van der Waals surface area contributed by atoms with Crippen LogP contribution in [0.1, 0.15) is 38.5 Å². The monoisotopic (exact) mass is 270 g/mol. The molecule has 110 valence electrons. The Balaban J connectivity index is 1.79.